The maximum absolute atomic E-state index is 13.0. The van der Waals surface area contributed by atoms with E-state index in [0.717, 1.165) is 5.56 Å². The van der Waals surface area contributed by atoms with Gasteiger partial charge in [0.2, 0.25) is 0 Å². The fourth-order valence-corrected chi connectivity index (χ4v) is 5.66. The number of cyclic esters (lactones) is 1. The van der Waals surface area contributed by atoms with Gasteiger partial charge in [-0.15, -0.1) is 0 Å². The molecule has 3 aromatic rings. The molecule has 4 N–H and O–H groups in total. The number of aliphatic hydroxyl groups is 2. The molecule has 10 heteroatoms. The van der Waals surface area contributed by atoms with Gasteiger partial charge in [0.25, 0.3) is 0 Å². The molecule has 5 unspecified atom stereocenters. The highest BCUT2D eigenvalue weighted by Crippen LogP contribution is 2.53. The summed E-state index contributed by atoms with van der Waals surface area (Å²) in [6.07, 6.45) is -1.06. The van der Waals surface area contributed by atoms with Gasteiger partial charge < -0.3 is 44.1 Å². The predicted molar refractivity (Wildman–Crippen MR) is 142 cm³/mol. The molecule has 2 aliphatic rings. The molecule has 0 saturated carbocycles. The van der Waals surface area contributed by atoms with Crippen molar-refractivity contribution in [3.8, 4) is 34.5 Å². The number of carbonyl (C=O) groups excluding carboxylic acids is 1. The second-order valence-corrected chi connectivity index (χ2v) is 9.92. The number of rotatable bonds is 9. The molecule has 1 saturated heterocycles. The van der Waals surface area contributed by atoms with Crippen molar-refractivity contribution in [2.24, 2.45) is 11.8 Å². The van der Waals surface area contributed by atoms with Crippen LogP contribution < -0.4 is 18.9 Å². The Morgan fingerprint density at radius 3 is 2.02 bits per heavy atom. The standard InChI is InChI=1S/C30H32O10/c1-36-24-9-15(4-6-22(24)33)8-19-21(14-32)28(40-30(19)35)17-10-18-20(13-31)27(39-29(18)26(12-17)38-3)16-5-7-23(34)25(11-16)37-2/h4-7,9-12,19-21,27-28,31-34H,8,13-14H2,1-3H3. The van der Waals surface area contributed by atoms with Gasteiger partial charge in [-0.3, -0.25) is 4.79 Å². The number of aliphatic hydroxyl groups excluding tert-OH is 2. The number of hydrogen-bond donors (Lipinski definition) is 4. The predicted octanol–water partition coefficient (Wildman–Crippen LogP) is 3.40. The lowest BCUT2D eigenvalue weighted by Crippen LogP contribution is -2.23. The first-order chi connectivity index (χ1) is 19.3. The van der Waals surface area contributed by atoms with E-state index >= 15 is 0 Å². The summed E-state index contributed by atoms with van der Waals surface area (Å²) >= 11 is 0. The van der Waals surface area contributed by atoms with E-state index in [1.807, 2.05) is 6.07 Å². The minimum absolute atomic E-state index is 0.00761. The minimum atomic E-state index is -0.757. The Labute approximate surface area is 231 Å². The fourth-order valence-electron chi connectivity index (χ4n) is 5.66. The molecule has 1 fully saturated rings. The highest BCUT2D eigenvalue weighted by Gasteiger charge is 2.46. The molecule has 2 aliphatic heterocycles. The van der Waals surface area contributed by atoms with Crippen molar-refractivity contribution in [3.05, 3.63) is 70.8 Å². The lowest BCUT2D eigenvalue weighted by atomic mass is 9.82. The van der Waals surface area contributed by atoms with Crippen LogP contribution in [0.1, 0.15) is 40.4 Å². The number of phenolic OH excluding ortho intramolecular Hbond substituents is 2. The topological polar surface area (TPSA) is 144 Å². The molecule has 5 rings (SSSR count). The van der Waals surface area contributed by atoms with E-state index < -0.39 is 35.9 Å². The normalized spacial score (nSPS) is 23.3. The third-order valence-corrected chi connectivity index (χ3v) is 7.76. The first-order valence-corrected chi connectivity index (χ1v) is 12.9. The van der Waals surface area contributed by atoms with Gasteiger partial charge in [0.05, 0.1) is 46.4 Å². The zero-order chi connectivity index (χ0) is 28.6. The van der Waals surface area contributed by atoms with Gasteiger partial charge in [0, 0.05) is 11.5 Å². The molecular formula is C30H32O10. The number of aromatic hydroxyl groups is 2. The Morgan fingerprint density at radius 1 is 0.725 bits per heavy atom. The van der Waals surface area contributed by atoms with Crippen molar-refractivity contribution in [3.63, 3.8) is 0 Å². The van der Waals surface area contributed by atoms with Crippen molar-refractivity contribution in [1.82, 2.24) is 0 Å². The Morgan fingerprint density at radius 2 is 1.38 bits per heavy atom. The second-order valence-electron chi connectivity index (χ2n) is 9.92. The van der Waals surface area contributed by atoms with E-state index in [-0.39, 0.29) is 36.9 Å². The van der Waals surface area contributed by atoms with E-state index in [2.05, 4.69) is 0 Å². The summed E-state index contributed by atoms with van der Waals surface area (Å²) in [5, 5.41) is 40.7. The molecule has 0 aromatic heterocycles. The first kappa shape index (κ1) is 27.4. The molecule has 2 heterocycles. The Bertz CT molecular complexity index is 1400. The van der Waals surface area contributed by atoms with Crippen LogP contribution in [0.3, 0.4) is 0 Å². The number of esters is 1. The molecule has 3 aromatic carbocycles. The highest BCUT2D eigenvalue weighted by molar-refractivity contribution is 5.76. The smallest absolute Gasteiger partial charge is 0.310 e. The summed E-state index contributed by atoms with van der Waals surface area (Å²) in [6.45, 7) is -0.543. The highest BCUT2D eigenvalue weighted by atomic mass is 16.6. The van der Waals surface area contributed by atoms with E-state index in [1.54, 1.807) is 30.3 Å². The third kappa shape index (κ3) is 4.73. The number of benzene rings is 3. The Balaban J connectivity index is 1.47. The zero-order valence-corrected chi connectivity index (χ0v) is 22.4. The average Bonchev–Trinajstić information content (AvgIpc) is 3.50. The third-order valence-electron chi connectivity index (χ3n) is 7.76. The number of methoxy groups -OCH3 is 3. The van der Waals surface area contributed by atoms with E-state index in [0.29, 0.717) is 33.9 Å². The molecule has 0 amide bonds. The number of phenols is 2. The summed E-state index contributed by atoms with van der Waals surface area (Å²) in [7, 11) is 4.40. The minimum Gasteiger partial charge on any atom is -0.504 e. The molecule has 0 radical (unpaired) electrons. The molecule has 0 aliphatic carbocycles. The van der Waals surface area contributed by atoms with Gasteiger partial charge in [0.15, 0.2) is 34.5 Å². The summed E-state index contributed by atoms with van der Waals surface area (Å²) in [4.78, 5) is 13.0. The Hall–Kier alpha value is -4.15. The van der Waals surface area contributed by atoms with Crippen LogP contribution in [0.2, 0.25) is 0 Å². The fraction of sp³-hybridized carbons (Fsp3) is 0.367. The van der Waals surface area contributed by atoms with Gasteiger partial charge in [-0.2, -0.15) is 0 Å². The van der Waals surface area contributed by atoms with Crippen molar-refractivity contribution in [2.45, 2.75) is 24.5 Å². The van der Waals surface area contributed by atoms with Gasteiger partial charge in [-0.05, 0) is 59.5 Å². The maximum Gasteiger partial charge on any atom is 0.310 e. The quantitative estimate of drug-likeness (QED) is 0.292. The van der Waals surface area contributed by atoms with Crippen LogP contribution in [0.4, 0.5) is 0 Å². The molecular weight excluding hydrogens is 520 g/mol. The van der Waals surface area contributed by atoms with Gasteiger partial charge >= 0.3 is 5.97 Å². The van der Waals surface area contributed by atoms with Gasteiger partial charge in [-0.25, -0.2) is 0 Å². The summed E-state index contributed by atoms with van der Waals surface area (Å²) in [5.74, 6) is -0.705. The van der Waals surface area contributed by atoms with Crippen LogP contribution in [-0.4, -0.2) is 60.9 Å². The maximum atomic E-state index is 13.0. The SMILES string of the molecule is COc1cc(CC2C(=O)OC(c3cc(OC)c4c(c3)C(CO)C(c3ccc(O)c(OC)c3)O4)C2CO)ccc1O. The first-order valence-electron chi connectivity index (χ1n) is 12.9. The number of fused-ring (bicyclic) bond motifs is 1. The molecule has 212 valence electrons. The zero-order valence-electron chi connectivity index (χ0n) is 22.4. The lowest BCUT2D eigenvalue weighted by molar-refractivity contribution is -0.144. The van der Waals surface area contributed by atoms with Crippen molar-refractivity contribution >= 4 is 5.97 Å². The van der Waals surface area contributed by atoms with E-state index in [9.17, 15) is 25.2 Å². The van der Waals surface area contributed by atoms with Crippen LogP contribution in [0, 0.1) is 11.8 Å². The molecule has 10 nitrogen and oxygen atoms in total. The number of carbonyl (C=O) groups is 1. The van der Waals surface area contributed by atoms with Gasteiger partial charge in [0.1, 0.15) is 12.2 Å². The van der Waals surface area contributed by atoms with Crippen molar-refractivity contribution in [2.75, 3.05) is 34.5 Å². The lowest BCUT2D eigenvalue weighted by Gasteiger charge is -2.21. The largest absolute Gasteiger partial charge is 0.504 e. The summed E-state index contributed by atoms with van der Waals surface area (Å²) in [6, 6.07) is 13.3. The van der Waals surface area contributed by atoms with Gasteiger partial charge in [-0.1, -0.05) is 12.1 Å². The van der Waals surface area contributed by atoms with Crippen LogP contribution >= 0.6 is 0 Å². The van der Waals surface area contributed by atoms with Crippen LogP contribution in [0.25, 0.3) is 0 Å². The van der Waals surface area contributed by atoms with Crippen molar-refractivity contribution < 1.29 is 48.9 Å². The van der Waals surface area contributed by atoms with Crippen LogP contribution in [-0.2, 0) is 16.0 Å². The second kappa shape index (κ2) is 11.1. The monoisotopic (exact) mass is 552 g/mol. The molecule has 0 bridgehead atoms. The number of ether oxygens (including phenoxy) is 5. The summed E-state index contributed by atoms with van der Waals surface area (Å²) < 4.78 is 28.2. The van der Waals surface area contributed by atoms with Crippen molar-refractivity contribution in [1.29, 1.82) is 0 Å². The summed E-state index contributed by atoms with van der Waals surface area (Å²) in [5.41, 5.74) is 2.73. The van der Waals surface area contributed by atoms with E-state index in [4.69, 9.17) is 23.7 Å². The average molecular weight is 553 g/mol. The number of hydrogen-bond acceptors (Lipinski definition) is 10. The van der Waals surface area contributed by atoms with Crippen LogP contribution in [0.5, 0.6) is 34.5 Å². The Kier molecular flexibility index (Phi) is 7.64. The molecule has 5 atom stereocenters. The molecule has 40 heavy (non-hydrogen) atoms. The van der Waals surface area contributed by atoms with E-state index in [1.165, 1.54) is 33.5 Å². The molecule has 0 spiro atoms. The van der Waals surface area contributed by atoms with Crippen LogP contribution in [0.15, 0.2) is 48.5 Å².